The summed E-state index contributed by atoms with van der Waals surface area (Å²) in [6, 6.07) is 6.44. The predicted molar refractivity (Wildman–Crippen MR) is 112 cm³/mol. The molecule has 0 aromatic carbocycles. The van der Waals surface area contributed by atoms with E-state index < -0.39 is 12.7 Å². The van der Waals surface area contributed by atoms with Crippen LogP contribution in [0.5, 0.6) is 5.88 Å². The van der Waals surface area contributed by atoms with Gasteiger partial charge in [0.25, 0.3) is 6.43 Å². The van der Waals surface area contributed by atoms with Gasteiger partial charge in [-0.2, -0.15) is 0 Å². The van der Waals surface area contributed by atoms with Crippen molar-refractivity contribution in [1.29, 1.82) is 0 Å². The zero-order valence-electron chi connectivity index (χ0n) is 17.5. The van der Waals surface area contributed by atoms with Crippen molar-refractivity contribution in [2.75, 3.05) is 6.54 Å². The minimum Gasteiger partial charge on any atom is -0.473 e. The molecule has 1 aliphatic carbocycles. The molecule has 7 nitrogen and oxygen atoms in total. The smallest absolute Gasteiger partial charge is 0.265 e. The van der Waals surface area contributed by atoms with E-state index in [-0.39, 0.29) is 17.7 Å². The van der Waals surface area contributed by atoms with E-state index >= 15 is 0 Å². The van der Waals surface area contributed by atoms with E-state index in [4.69, 9.17) is 4.74 Å². The van der Waals surface area contributed by atoms with Gasteiger partial charge >= 0.3 is 0 Å². The van der Waals surface area contributed by atoms with Gasteiger partial charge in [-0.1, -0.05) is 0 Å². The molecule has 1 N–H and O–H groups in total. The number of hydrogen-bond donors (Lipinski definition) is 1. The van der Waals surface area contributed by atoms with Crippen LogP contribution < -0.4 is 4.74 Å². The van der Waals surface area contributed by atoms with E-state index in [1.165, 1.54) is 12.1 Å². The van der Waals surface area contributed by atoms with Gasteiger partial charge in [-0.25, -0.2) is 23.7 Å². The Hall–Kier alpha value is -3.04. The molecule has 2 aliphatic rings. The lowest BCUT2D eigenvalue weighted by Gasteiger charge is -2.36. The normalized spacial score (nSPS) is 23.6. The second kappa shape index (κ2) is 8.48. The number of rotatable bonds is 6. The van der Waals surface area contributed by atoms with Gasteiger partial charge in [0, 0.05) is 54.6 Å². The molecule has 3 aromatic heterocycles. The lowest BCUT2D eigenvalue weighted by molar-refractivity contribution is -0.0531. The molecule has 0 radical (unpaired) electrons. The van der Waals surface area contributed by atoms with Crippen LogP contribution in [0.4, 0.5) is 8.78 Å². The van der Waals surface area contributed by atoms with Gasteiger partial charge in [0.2, 0.25) is 5.88 Å². The van der Waals surface area contributed by atoms with Gasteiger partial charge in [-0.15, -0.1) is 0 Å². The molecule has 0 amide bonds. The molecule has 1 saturated heterocycles. The van der Waals surface area contributed by atoms with Crippen LogP contribution in [0.15, 0.2) is 49.1 Å². The third-order valence-electron chi connectivity index (χ3n) is 6.17. The van der Waals surface area contributed by atoms with E-state index in [9.17, 15) is 13.9 Å². The van der Waals surface area contributed by atoms with E-state index in [0.29, 0.717) is 28.9 Å². The standard InChI is InChI=1S/C23H23F2N5O2/c1-13-7-16(22-26-5-2-6-27-22)20(29-10-13)23(31)30-12-14-8-17(30)18(9-14)32-19-4-3-15(11-28-19)21(24)25/h2-7,10-11,14,17-18,21,23,31H,8-9,12H2,1H3. The SMILES string of the molecule is Cc1cnc(C(O)N2CC3CC(Oc4ccc(C(F)F)cn4)C2C3)c(-c2ncccn2)c1. The third-order valence-corrected chi connectivity index (χ3v) is 6.17. The first-order valence-electron chi connectivity index (χ1n) is 10.6. The molecule has 4 heterocycles. The molecule has 32 heavy (non-hydrogen) atoms. The summed E-state index contributed by atoms with van der Waals surface area (Å²) in [5, 5.41) is 11.3. The van der Waals surface area contributed by atoms with Crippen molar-refractivity contribution in [3.05, 3.63) is 65.9 Å². The average molecular weight is 439 g/mol. The highest BCUT2D eigenvalue weighted by molar-refractivity contribution is 5.59. The third kappa shape index (κ3) is 3.93. The van der Waals surface area contributed by atoms with Crippen LogP contribution in [-0.2, 0) is 0 Å². The molecular formula is C23H23F2N5O2. The number of likely N-dealkylation sites (tertiary alicyclic amines) is 1. The Morgan fingerprint density at radius 3 is 2.59 bits per heavy atom. The number of aryl methyl sites for hydroxylation is 1. The zero-order chi connectivity index (χ0) is 22.2. The Labute approximate surface area is 184 Å². The van der Waals surface area contributed by atoms with E-state index in [1.54, 1.807) is 24.7 Å². The summed E-state index contributed by atoms with van der Waals surface area (Å²) in [7, 11) is 0. The molecule has 1 aliphatic heterocycles. The number of fused-ring (bicyclic) bond motifs is 2. The minimum absolute atomic E-state index is 0.0285. The van der Waals surface area contributed by atoms with Gasteiger partial charge in [0.15, 0.2) is 12.1 Å². The molecule has 166 valence electrons. The number of aliphatic hydroxyl groups excluding tert-OH is 1. The van der Waals surface area contributed by atoms with Crippen molar-refractivity contribution in [2.45, 2.75) is 44.6 Å². The summed E-state index contributed by atoms with van der Waals surface area (Å²) >= 11 is 0. The number of aliphatic hydroxyl groups is 1. The summed E-state index contributed by atoms with van der Waals surface area (Å²) in [5.41, 5.74) is 2.02. The van der Waals surface area contributed by atoms with Crippen molar-refractivity contribution in [1.82, 2.24) is 24.8 Å². The molecule has 3 aromatic rings. The summed E-state index contributed by atoms with van der Waals surface area (Å²) < 4.78 is 31.6. The number of hydrogen-bond acceptors (Lipinski definition) is 7. The number of nitrogens with zero attached hydrogens (tertiary/aromatic N) is 5. The zero-order valence-corrected chi connectivity index (χ0v) is 17.5. The quantitative estimate of drug-likeness (QED) is 0.627. The topological polar surface area (TPSA) is 84.3 Å². The monoisotopic (exact) mass is 439 g/mol. The first kappa shape index (κ1) is 20.8. The molecule has 1 saturated carbocycles. The summed E-state index contributed by atoms with van der Waals surface area (Å²) in [4.78, 5) is 19.2. The first-order valence-corrected chi connectivity index (χ1v) is 10.6. The van der Waals surface area contributed by atoms with Gasteiger partial charge < -0.3 is 9.84 Å². The summed E-state index contributed by atoms with van der Waals surface area (Å²) in [6.45, 7) is 2.66. The van der Waals surface area contributed by atoms with Crippen molar-refractivity contribution in [2.24, 2.45) is 5.92 Å². The maximum Gasteiger partial charge on any atom is 0.265 e. The van der Waals surface area contributed by atoms with Crippen molar-refractivity contribution in [3.63, 3.8) is 0 Å². The molecule has 5 rings (SSSR count). The molecule has 2 bridgehead atoms. The Morgan fingerprint density at radius 2 is 1.91 bits per heavy atom. The van der Waals surface area contributed by atoms with Crippen molar-refractivity contribution >= 4 is 0 Å². The number of aromatic nitrogens is 4. The maximum atomic E-state index is 12.8. The highest BCUT2D eigenvalue weighted by atomic mass is 19.3. The molecular weight excluding hydrogens is 416 g/mol. The van der Waals surface area contributed by atoms with Gasteiger partial charge in [0.1, 0.15) is 6.10 Å². The minimum atomic E-state index is -2.56. The van der Waals surface area contributed by atoms with Gasteiger partial charge in [0.05, 0.1) is 5.69 Å². The van der Waals surface area contributed by atoms with Crippen LogP contribution >= 0.6 is 0 Å². The highest BCUT2D eigenvalue weighted by Crippen LogP contribution is 2.43. The van der Waals surface area contributed by atoms with Crippen LogP contribution in [0, 0.1) is 12.8 Å². The van der Waals surface area contributed by atoms with Gasteiger partial charge in [-0.05, 0) is 49.4 Å². The Morgan fingerprint density at radius 1 is 1.09 bits per heavy atom. The van der Waals surface area contributed by atoms with Crippen LogP contribution in [-0.4, -0.2) is 48.6 Å². The summed E-state index contributed by atoms with van der Waals surface area (Å²) in [5.74, 6) is 1.20. The number of ether oxygens (including phenoxy) is 1. The average Bonchev–Trinajstić information content (AvgIpc) is 3.40. The molecule has 4 atom stereocenters. The van der Waals surface area contributed by atoms with E-state index in [0.717, 1.165) is 31.1 Å². The fourth-order valence-corrected chi connectivity index (χ4v) is 4.72. The van der Waals surface area contributed by atoms with E-state index in [1.807, 2.05) is 17.9 Å². The largest absolute Gasteiger partial charge is 0.473 e. The molecule has 4 unspecified atom stereocenters. The Balaban J connectivity index is 1.37. The fraction of sp³-hybridized carbons (Fsp3) is 0.391. The van der Waals surface area contributed by atoms with Crippen LogP contribution in [0.25, 0.3) is 11.4 Å². The maximum absolute atomic E-state index is 12.8. The van der Waals surface area contributed by atoms with Gasteiger partial charge in [-0.3, -0.25) is 9.88 Å². The second-order valence-corrected chi connectivity index (χ2v) is 8.38. The Bertz CT molecular complexity index is 1080. The fourth-order valence-electron chi connectivity index (χ4n) is 4.72. The highest BCUT2D eigenvalue weighted by Gasteiger charge is 2.49. The van der Waals surface area contributed by atoms with Crippen LogP contribution in [0.3, 0.4) is 0 Å². The number of pyridine rings is 2. The Kier molecular flexibility index (Phi) is 5.52. The lowest BCUT2D eigenvalue weighted by Crippen LogP contribution is -2.46. The van der Waals surface area contributed by atoms with Crippen molar-refractivity contribution < 1.29 is 18.6 Å². The molecule has 9 heteroatoms. The first-order chi connectivity index (χ1) is 15.5. The molecule has 0 spiro atoms. The number of alkyl halides is 2. The second-order valence-electron chi connectivity index (χ2n) is 8.38. The van der Waals surface area contributed by atoms with Crippen molar-refractivity contribution in [3.8, 4) is 17.3 Å². The summed E-state index contributed by atoms with van der Waals surface area (Å²) in [6.07, 6.45) is 4.23. The predicted octanol–water partition coefficient (Wildman–Crippen LogP) is 3.71. The van der Waals surface area contributed by atoms with Crippen LogP contribution in [0.2, 0.25) is 0 Å². The van der Waals surface area contributed by atoms with Crippen LogP contribution in [0.1, 0.15) is 42.3 Å². The lowest BCUT2D eigenvalue weighted by atomic mass is 10.0. The van der Waals surface area contributed by atoms with E-state index in [2.05, 4.69) is 19.9 Å². The molecule has 2 fully saturated rings. The number of piperidine rings is 1. The number of halogens is 2.